The van der Waals surface area contributed by atoms with Crippen molar-refractivity contribution < 1.29 is 9.90 Å². The van der Waals surface area contributed by atoms with Crippen molar-refractivity contribution in [3.05, 3.63) is 47.3 Å². The highest BCUT2D eigenvalue weighted by molar-refractivity contribution is 5.85. The van der Waals surface area contributed by atoms with Gasteiger partial charge in [-0.2, -0.15) is 5.10 Å². The molecule has 0 unspecified atom stereocenters. The molecule has 0 fully saturated rings. The van der Waals surface area contributed by atoms with Crippen molar-refractivity contribution in [1.82, 2.24) is 9.78 Å². The molecular formula is C17H22N2O2. The number of carbonyl (C=O) groups is 1. The molecule has 1 heterocycles. The van der Waals surface area contributed by atoms with E-state index in [2.05, 4.69) is 38.0 Å². The van der Waals surface area contributed by atoms with Crippen LogP contribution in [-0.4, -0.2) is 20.9 Å². The Kier molecular flexibility index (Phi) is 3.90. The number of nitrogens with zero attached hydrogens (tertiary/aromatic N) is 2. The van der Waals surface area contributed by atoms with Gasteiger partial charge in [0.15, 0.2) is 5.69 Å². The maximum Gasteiger partial charge on any atom is 0.356 e. The molecular weight excluding hydrogens is 264 g/mol. The third-order valence-corrected chi connectivity index (χ3v) is 3.53. The van der Waals surface area contributed by atoms with Crippen LogP contribution in [0.15, 0.2) is 30.3 Å². The standard InChI is InChI=1S/C17H22N2O2/c1-11(2)15-10-14(16(20)21)18-19(15)13-8-6-12(7-9-13)17(3,4)5/h6-11H,1-5H3,(H,20,21). The molecule has 0 saturated heterocycles. The lowest BCUT2D eigenvalue weighted by Gasteiger charge is -2.19. The summed E-state index contributed by atoms with van der Waals surface area (Å²) in [5.41, 5.74) is 3.20. The van der Waals surface area contributed by atoms with Crippen molar-refractivity contribution in [2.75, 3.05) is 0 Å². The van der Waals surface area contributed by atoms with Gasteiger partial charge in [-0.15, -0.1) is 0 Å². The van der Waals surface area contributed by atoms with Crippen LogP contribution in [0.1, 0.15) is 62.3 Å². The molecule has 0 saturated carbocycles. The lowest BCUT2D eigenvalue weighted by molar-refractivity contribution is 0.0690. The van der Waals surface area contributed by atoms with Crippen molar-refractivity contribution in [3.63, 3.8) is 0 Å². The number of benzene rings is 1. The van der Waals surface area contributed by atoms with Gasteiger partial charge in [-0.3, -0.25) is 0 Å². The molecule has 0 amide bonds. The van der Waals surface area contributed by atoms with E-state index < -0.39 is 5.97 Å². The van der Waals surface area contributed by atoms with E-state index in [0.29, 0.717) is 0 Å². The van der Waals surface area contributed by atoms with E-state index in [1.807, 2.05) is 26.0 Å². The molecule has 2 rings (SSSR count). The van der Waals surface area contributed by atoms with Gasteiger partial charge < -0.3 is 5.11 Å². The fourth-order valence-electron chi connectivity index (χ4n) is 2.22. The maximum atomic E-state index is 11.1. The summed E-state index contributed by atoms with van der Waals surface area (Å²) in [5, 5.41) is 13.3. The second-order valence-corrected chi connectivity index (χ2v) is 6.62. The average molecular weight is 286 g/mol. The largest absolute Gasteiger partial charge is 0.476 e. The van der Waals surface area contributed by atoms with Crippen LogP contribution in [0.3, 0.4) is 0 Å². The van der Waals surface area contributed by atoms with E-state index in [-0.39, 0.29) is 17.0 Å². The third-order valence-electron chi connectivity index (χ3n) is 3.53. The molecule has 1 aromatic heterocycles. The highest BCUT2D eigenvalue weighted by Crippen LogP contribution is 2.25. The first-order valence-corrected chi connectivity index (χ1v) is 7.14. The van der Waals surface area contributed by atoms with Gasteiger partial charge in [0.2, 0.25) is 0 Å². The summed E-state index contributed by atoms with van der Waals surface area (Å²) in [6.45, 7) is 10.6. The fraction of sp³-hybridized carbons (Fsp3) is 0.412. The minimum Gasteiger partial charge on any atom is -0.476 e. The number of rotatable bonds is 3. The number of carboxylic acid groups (broad SMARTS) is 1. The summed E-state index contributed by atoms with van der Waals surface area (Å²) in [4.78, 5) is 11.1. The number of carboxylic acids is 1. The zero-order valence-electron chi connectivity index (χ0n) is 13.2. The van der Waals surface area contributed by atoms with Crippen LogP contribution in [0.5, 0.6) is 0 Å². The summed E-state index contributed by atoms with van der Waals surface area (Å²) < 4.78 is 1.72. The van der Waals surface area contributed by atoms with Crippen LogP contribution < -0.4 is 0 Å². The molecule has 1 N–H and O–H groups in total. The first-order valence-electron chi connectivity index (χ1n) is 7.14. The van der Waals surface area contributed by atoms with Gasteiger partial charge in [0.1, 0.15) is 0 Å². The van der Waals surface area contributed by atoms with E-state index in [0.717, 1.165) is 11.4 Å². The number of aromatic nitrogens is 2. The number of hydrogen-bond acceptors (Lipinski definition) is 2. The Labute approximate surface area is 125 Å². The molecule has 0 spiro atoms. The topological polar surface area (TPSA) is 55.1 Å². The summed E-state index contributed by atoms with van der Waals surface area (Å²) in [6.07, 6.45) is 0. The van der Waals surface area contributed by atoms with Crippen LogP contribution in [0.2, 0.25) is 0 Å². The lowest BCUT2D eigenvalue weighted by atomic mass is 9.87. The first kappa shape index (κ1) is 15.3. The van der Waals surface area contributed by atoms with E-state index in [4.69, 9.17) is 5.11 Å². The minimum absolute atomic E-state index is 0.0820. The van der Waals surface area contributed by atoms with Crippen LogP contribution in [0.25, 0.3) is 5.69 Å². The average Bonchev–Trinajstić information content (AvgIpc) is 2.83. The van der Waals surface area contributed by atoms with Crippen molar-refractivity contribution in [2.45, 2.75) is 46.0 Å². The molecule has 0 aliphatic carbocycles. The predicted molar refractivity (Wildman–Crippen MR) is 83.3 cm³/mol. The Hall–Kier alpha value is -2.10. The smallest absolute Gasteiger partial charge is 0.356 e. The molecule has 4 heteroatoms. The van der Waals surface area contributed by atoms with Crippen molar-refractivity contribution in [1.29, 1.82) is 0 Å². The Morgan fingerprint density at radius 1 is 1.19 bits per heavy atom. The third kappa shape index (κ3) is 3.15. The van der Waals surface area contributed by atoms with Crippen LogP contribution in [0.4, 0.5) is 0 Å². The fourth-order valence-corrected chi connectivity index (χ4v) is 2.22. The molecule has 0 atom stereocenters. The molecule has 1 aromatic carbocycles. The Morgan fingerprint density at radius 2 is 1.76 bits per heavy atom. The monoisotopic (exact) mass is 286 g/mol. The van der Waals surface area contributed by atoms with E-state index >= 15 is 0 Å². The van der Waals surface area contributed by atoms with Crippen LogP contribution in [0, 0.1) is 0 Å². The highest BCUT2D eigenvalue weighted by atomic mass is 16.4. The van der Waals surface area contributed by atoms with Crippen LogP contribution >= 0.6 is 0 Å². The molecule has 112 valence electrons. The van der Waals surface area contributed by atoms with Gasteiger partial charge in [-0.25, -0.2) is 9.48 Å². The zero-order chi connectivity index (χ0) is 15.8. The van der Waals surface area contributed by atoms with Crippen molar-refractivity contribution in [2.24, 2.45) is 0 Å². The van der Waals surface area contributed by atoms with Crippen molar-refractivity contribution >= 4 is 5.97 Å². The molecule has 0 aliphatic rings. The lowest BCUT2D eigenvalue weighted by Crippen LogP contribution is -2.11. The SMILES string of the molecule is CC(C)c1cc(C(=O)O)nn1-c1ccc(C(C)(C)C)cc1. The molecule has 0 radical (unpaired) electrons. The van der Waals surface area contributed by atoms with E-state index in [1.54, 1.807) is 10.7 Å². The molecule has 0 bridgehead atoms. The second kappa shape index (κ2) is 5.35. The molecule has 4 nitrogen and oxygen atoms in total. The van der Waals surface area contributed by atoms with E-state index in [9.17, 15) is 4.79 Å². The Morgan fingerprint density at radius 3 is 2.19 bits per heavy atom. The molecule has 21 heavy (non-hydrogen) atoms. The normalized spacial score (nSPS) is 11.9. The Balaban J connectivity index is 2.48. The zero-order valence-corrected chi connectivity index (χ0v) is 13.2. The quantitative estimate of drug-likeness (QED) is 0.928. The second-order valence-electron chi connectivity index (χ2n) is 6.62. The molecule has 0 aliphatic heterocycles. The summed E-state index contributed by atoms with van der Waals surface area (Å²) in [7, 11) is 0. The van der Waals surface area contributed by atoms with Gasteiger partial charge in [-0.1, -0.05) is 46.8 Å². The summed E-state index contributed by atoms with van der Waals surface area (Å²) in [5.74, 6) is -0.796. The highest BCUT2D eigenvalue weighted by Gasteiger charge is 2.18. The first-order chi connectivity index (χ1) is 9.70. The predicted octanol–water partition coefficient (Wildman–Crippen LogP) is 3.99. The van der Waals surface area contributed by atoms with Gasteiger partial charge in [0.25, 0.3) is 0 Å². The van der Waals surface area contributed by atoms with E-state index in [1.165, 1.54) is 5.56 Å². The number of aromatic carboxylic acids is 1. The maximum absolute atomic E-state index is 11.1. The Bertz CT molecular complexity index is 646. The van der Waals surface area contributed by atoms with Gasteiger partial charge >= 0.3 is 5.97 Å². The summed E-state index contributed by atoms with van der Waals surface area (Å²) in [6, 6.07) is 9.77. The summed E-state index contributed by atoms with van der Waals surface area (Å²) >= 11 is 0. The van der Waals surface area contributed by atoms with Gasteiger partial charge in [0.05, 0.1) is 5.69 Å². The minimum atomic E-state index is -0.998. The van der Waals surface area contributed by atoms with Crippen LogP contribution in [-0.2, 0) is 5.41 Å². The molecule has 2 aromatic rings. The number of hydrogen-bond donors (Lipinski definition) is 1. The van der Waals surface area contributed by atoms with Crippen molar-refractivity contribution in [3.8, 4) is 5.69 Å². The van der Waals surface area contributed by atoms with Gasteiger partial charge in [-0.05, 0) is 35.1 Å². The van der Waals surface area contributed by atoms with Gasteiger partial charge in [0, 0.05) is 5.69 Å².